The van der Waals surface area contributed by atoms with Crippen LogP contribution < -0.4 is 10.1 Å². The van der Waals surface area contributed by atoms with Crippen LogP contribution in [0.3, 0.4) is 0 Å². The van der Waals surface area contributed by atoms with Gasteiger partial charge in [-0.1, -0.05) is 0 Å². The minimum Gasteiger partial charge on any atom is -0.561 e. The van der Waals surface area contributed by atoms with Crippen LogP contribution in [0, 0.1) is 0 Å². The molecule has 0 spiro atoms. The molecular weight excluding hydrogens is 318 g/mol. The first-order valence-electron chi connectivity index (χ1n) is 7.31. The maximum Gasteiger partial charge on any atom is 0.552 e. The highest BCUT2D eigenvalue weighted by Gasteiger charge is 2.29. The van der Waals surface area contributed by atoms with E-state index in [0.717, 1.165) is 22.6 Å². The fourth-order valence-corrected chi connectivity index (χ4v) is 3.50. The van der Waals surface area contributed by atoms with E-state index >= 15 is 0 Å². The molecule has 1 atom stereocenters. The molecule has 1 unspecified atom stereocenters. The van der Waals surface area contributed by atoms with Gasteiger partial charge in [-0.25, -0.2) is 4.79 Å². The van der Waals surface area contributed by atoms with E-state index in [1.165, 1.54) is 7.11 Å². The number of thioether (sulfide) groups is 1. The summed E-state index contributed by atoms with van der Waals surface area (Å²) >= 11 is 1.60. The molecule has 0 saturated heterocycles. The summed E-state index contributed by atoms with van der Waals surface area (Å²) in [5.41, 5.74) is 0.556. The third-order valence-electron chi connectivity index (χ3n) is 3.31. The van der Waals surface area contributed by atoms with Gasteiger partial charge in [-0.2, -0.15) is 0 Å². The number of hydrogen-bond acceptors (Lipinski definition) is 5. The van der Waals surface area contributed by atoms with Crippen LogP contribution >= 0.6 is 11.8 Å². The van der Waals surface area contributed by atoms with Crippen molar-refractivity contribution >= 4 is 23.8 Å². The monoisotopic (exact) mass is 340 g/mol. The van der Waals surface area contributed by atoms with E-state index < -0.39 is 17.7 Å². The van der Waals surface area contributed by atoms with Gasteiger partial charge in [-0.05, 0) is 44.9 Å². The van der Waals surface area contributed by atoms with Crippen LogP contribution in [0.4, 0.5) is 4.79 Å². The van der Waals surface area contributed by atoms with E-state index in [-0.39, 0.29) is 11.6 Å². The topological polar surface area (TPSA) is 87.5 Å². The summed E-state index contributed by atoms with van der Waals surface area (Å²) in [6.45, 7) is 5.44. The lowest BCUT2D eigenvalue weighted by molar-refractivity contribution is 0.0500. The van der Waals surface area contributed by atoms with Crippen LogP contribution in [0.1, 0.15) is 49.2 Å². The van der Waals surface area contributed by atoms with Gasteiger partial charge in [0.1, 0.15) is 11.4 Å². The zero-order chi connectivity index (χ0) is 17.2. The molecule has 3 N–H and O–H groups in total. The van der Waals surface area contributed by atoms with Crippen molar-refractivity contribution < 1.29 is 24.2 Å². The third kappa shape index (κ3) is 4.31. The molecule has 1 aliphatic rings. The Kier molecular flexibility index (Phi) is 5.09. The Morgan fingerprint density at radius 3 is 2.61 bits per heavy atom. The smallest absolute Gasteiger partial charge is 0.552 e. The van der Waals surface area contributed by atoms with Crippen LogP contribution in [-0.4, -0.2) is 35.6 Å². The second-order valence-corrected chi connectivity index (χ2v) is 7.39. The summed E-state index contributed by atoms with van der Waals surface area (Å²) in [5.74, 6) is 0.375. The Hall–Kier alpha value is -1.89. The number of nitrogens with one attached hydrogen (secondary N) is 1. The van der Waals surface area contributed by atoms with Crippen molar-refractivity contribution in [1.29, 1.82) is 0 Å². The zero-order valence-electron chi connectivity index (χ0n) is 13.7. The SMILES string of the molecule is COc1cc2c(cc1C(=O)[OH2+])SCCC2NC(=O)OC(C)(C)C. The van der Waals surface area contributed by atoms with Crippen LogP contribution in [0.5, 0.6) is 5.75 Å². The molecule has 0 fully saturated rings. The number of alkyl carbamates (subject to hydrolysis) is 1. The number of carbonyl (C=O) groups is 2. The molecular formula is C16H22NO5S+. The molecule has 126 valence electrons. The molecule has 0 radical (unpaired) electrons. The van der Waals surface area contributed by atoms with Gasteiger partial charge in [-0.15, -0.1) is 11.8 Å². The summed E-state index contributed by atoms with van der Waals surface area (Å²) in [5, 5.41) is 10.2. The Morgan fingerprint density at radius 1 is 1.35 bits per heavy atom. The van der Waals surface area contributed by atoms with Gasteiger partial charge in [0, 0.05) is 15.4 Å². The Bertz CT molecular complexity index is 624. The average molecular weight is 340 g/mol. The maximum absolute atomic E-state index is 12.0. The molecule has 0 bridgehead atoms. The van der Waals surface area contributed by atoms with Crippen molar-refractivity contribution in [2.45, 2.75) is 43.7 Å². The first kappa shape index (κ1) is 17.5. The third-order valence-corrected chi connectivity index (χ3v) is 4.41. The van der Waals surface area contributed by atoms with Gasteiger partial charge in [-0.3, -0.25) is 0 Å². The molecule has 1 aromatic carbocycles. The Morgan fingerprint density at radius 2 is 2.04 bits per heavy atom. The number of amides is 1. The first-order valence-corrected chi connectivity index (χ1v) is 8.30. The zero-order valence-corrected chi connectivity index (χ0v) is 14.5. The van der Waals surface area contributed by atoms with Crippen molar-refractivity contribution in [3.05, 3.63) is 23.3 Å². The molecule has 1 aliphatic heterocycles. The van der Waals surface area contributed by atoms with Crippen molar-refractivity contribution in [2.24, 2.45) is 0 Å². The molecule has 7 heteroatoms. The summed E-state index contributed by atoms with van der Waals surface area (Å²) < 4.78 is 10.5. The Labute approximate surface area is 139 Å². The number of benzene rings is 1. The Balaban J connectivity index is 2.28. The lowest BCUT2D eigenvalue weighted by atomic mass is 10.0. The predicted molar refractivity (Wildman–Crippen MR) is 88.4 cm³/mol. The van der Waals surface area contributed by atoms with E-state index in [1.807, 2.05) is 20.8 Å². The standard InChI is InChI=1S/C16H21NO5S/c1-16(2,3)22-15(20)17-11-5-6-23-13-8-10(14(18)19)12(21-4)7-9(11)13/h7-8,11H,5-6H2,1-4H3,(H,17,20)(H,18,19)/p+1. The van der Waals surface area contributed by atoms with Gasteiger partial charge >= 0.3 is 12.1 Å². The second kappa shape index (κ2) is 6.70. The number of hydrogen-bond donors (Lipinski definition) is 1. The largest absolute Gasteiger partial charge is 0.561 e. The molecule has 0 aliphatic carbocycles. The summed E-state index contributed by atoms with van der Waals surface area (Å²) in [4.78, 5) is 24.3. The fraction of sp³-hybridized carbons (Fsp3) is 0.500. The van der Waals surface area contributed by atoms with Crippen LogP contribution in [0.2, 0.25) is 0 Å². The summed E-state index contributed by atoms with van der Waals surface area (Å²) in [6, 6.07) is 3.19. The average Bonchev–Trinajstić information content (AvgIpc) is 2.44. The lowest BCUT2D eigenvalue weighted by Crippen LogP contribution is -2.36. The number of rotatable bonds is 3. The highest BCUT2D eigenvalue weighted by molar-refractivity contribution is 7.99. The van der Waals surface area contributed by atoms with Gasteiger partial charge in [0.05, 0.1) is 13.2 Å². The summed E-state index contributed by atoms with van der Waals surface area (Å²) in [7, 11) is 1.46. The molecule has 23 heavy (non-hydrogen) atoms. The highest BCUT2D eigenvalue weighted by atomic mass is 32.2. The van der Waals surface area contributed by atoms with Crippen LogP contribution in [0.25, 0.3) is 0 Å². The minimum atomic E-state index is -0.785. The second-order valence-electron chi connectivity index (χ2n) is 6.26. The molecule has 6 nitrogen and oxygen atoms in total. The van der Waals surface area contributed by atoms with Gasteiger partial charge < -0.3 is 19.9 Å². The van der Waals surface area contributed by atoms with Gasteiger partial charge in [0.2, 0.25) is 0 Å². The molecule has 1 heterocycles. The predicted octanol–water partition coefficient (Wildman–Crippen LogP) is 2.62. The van der Waals surface area contributed by atoms with Crippen molar-refractivity contribution in [1.82, 2.24) is 5.32 Å². The van der Waals surface area contributed by atoms with Crippen LogP contribution in [-0.2, 0) is 4.74 Å². The number of ether oxygens (including phenoxy) is 2. The quantitative estimate of drug-likeness (QED) is 0.855. The molecule has 0 aromatic heterocycles. The van der Waals surface area contributed by atoms with Crippen molar-refractivity contribution in [2.75, 3.05) is 12.9 Å². The first-order chi connectivity index (χ1) is 10.7. The summed E-state index contributed by atoms with van der Waals surface area (Å²) in [6.07, 6.45) is 0.286. The maximum atomic E-state index is 12.0. The minimum absolute atomic E-state index is 0.204. The van der Waals surface area contributed by atoms with Crippen molar-refractivity contribution in [3.8, 4) is 5.75 Å². The number of fused-ring (bicyclic) bond motifs is 1. The molecule has 2 rings (SSSR count). The van der Waals surface area contributed by atoms with Crippen molar-refractivity contribution in [3.63, 3.8) is 0 Å². The highest BCUT2D eigenvalue weighted by Crippen LogP contribution is 2.40. The van der Waals surface area contributed by atoms with E-state index in [9.17, 15) is 9.59 Å². The van der Waals surface area contributed by atoms with Crippen LogP contribution in [0.15, 0.2) is 17.0 Å². The molecule has 1 aromatic rings. The normalized spacial score (nSPS) is 17.1. The molecule has 1 amide bonds. The fourth-order valence-electron chi connectivity index (χ4n) is 2.36. The number of carbonyl (C=O) groups excluding carboxylic acids is 2. The number of methoxy groups -OCH3 is 1. The van der Waals surface area contributed by atoms with E-state index in [2.05, 4.69) is 5.32 Å². The van der Waals surface area contributed by atoms with E-state index in [1.54, 1.807) is 23.9 Å². The molecule has 0 saturated carbocycles. The van der Waals surface area contributed by atoms with Gasteiger partial charge in [0.15, 0.2) is 5.56 Å². The van der Waals surface area contributed by atoms with E-state index in [4.69, 9.17) is 14.6 Å². The lowest BCUT2D eigenvalue weighted by Gasteiger charge is -2.28. The van der Waals surface area contributed by atoms with E-state index in [0.29, 0.717) is 5.75 Å². The van der Waals surface area contributed by atoms with Gasteiger partial charge in [0.25, 0.3) is 0 Å².